The molecular weight excluding hydrogens is 272 g/mol. The summed E-state index contributed by atoms with van der Waals surface area (Å²) < 4.78 is 31.7. The average molecular weight is 287 g/mol. The fourth-order valence-corrected chi connectivity index (χ4v) is 1.61. The van der Waals surface area contributed by atoms with Crippen LogP contribution < -0.4 is 5.32 Å². The molecule has 0 spiro atoms. The summed E-state index contributed by atoms with van der Waals surface area (Å²) in [4.78, 5) is 21.9. The van der Waals surface area contributed by atoms with Crippen molar-refractivity contribution in [3.05, 3.63) is 35.4 Å². The van der Waals surface area contributed by atoms with Gasteiger partial charge in [-0.15, -0.1) is 0 Å². The number of hydrogen-bond donors (Lipinski definition) is 2. The second-order valence-electron chi connectivity index (χ2n) is 4.09. The Balaban J connectivity index is 2.49. The highest BCUT2D eigenvalue weighted by atomic mass is 19.1. The molecule has 0 heterocycles. The molecule has 0 fully saturated rings. The van der Waals surface area contributed by atoms with Crippen molar-refractivity contribution in [3.63, 3.8) is 0 Å². The van der Waals surface area contributed by atoms with Gasteiger partial charge in [0.15, 0.2) is 0 Å². The Kier molecular flexibility index (Phi) is 6.05. The summed E-state index contributed by atoms with van der Waals surface area (Å²) in [5, 5.41) is 10.7. The van der Waals surface area contributed by atoms with Gasteiger partial charge in [-0.25, -0.2) is 13.6 Å². The largest absolute Gasteiger partial charge is 0.480 e. The molecule has 5 nitrogen and oxygen atoms in total. The monoisotopic (exact) mass is 287 g/mol. The highest BCUT2D eigenvalue weighted by molar-refractivity contribution is 5.83. The zero-order valence-electron chi connectivity index (χ0n) is 10.9. The van der Waals surface area contributed by atoms with Crippen LogP contribution in [0, 0.1) is 11.6 Å². The standard InChI is InChI=1S/C13H15F2NO4/c1-8(12-9(14)3-2-4-10(12)15)13(19)16-5-6-20-7-11(17)18/h2-4,8H,5-7H2,1H3,(H,16,19)(H,17,18). The van der Waals surface area contributed by atoms with Crippen LogP contribution in [-0.4, -0.2) is 36.7 Å². The molecule has 1 aromatic carbocycles. The average Bonchev–Trinajstić information content (AvgIpc) is 2.37. The molecule has 20 heavy (non-hydrogen) atoms. The normalized spacial score (nSPS) is 11.9. The fourth-order valence-electron chi connectivity index (χ4n) is 1.61. The number of benzene rings is 1. The quantitative estimate of drug-likeness (QED) is 0.741. The van der Waals surface area contributed by atoms with Crippen LogP contribution in [-0.2, 0) is 14.3 Å². The van der Waals surface area contributed by atoms with Crippen molar-refractivity contribution in [3.8, 4) is 0 Å². The summed E-state index contributed by atoms with van der Waals surface area (Å²) in [7, 11) is 0. The van der Waals surface area contributed by atoms with Crippen molar-refractivity contribution in [2.24, 2.45) is 0 Å². The van der Waals surface area contributed by atoms with Crippen molar-refractivity contribution in [2.45, 2.75) is 12.8 Å². The van der Waals surface area contributed by atoms with Crippen LogP contribution in [0.3, 0.4) is 0 Å². The number of nitrogens with one attached hydrogen (secondary N) is 1. The van der Waals surface area contributed by atoms with E-state index in [1.807, 2.05) is 0 Å². The maximum Gasteiger partial charge on any atom is 0.329 e. The van der Waals surface area contributed by atoms with Crippen LogP contribution in [0.25, 0.3) is 0 Å². The molecule has 0 saturated carbocycles. The van der Waals surface area contributed by atoms with Gasteiger partial charge in [0, 0.05) is 12.1 Å². The van der Waals surface area contributed by atoms with Gasteiger partial charge in [-0.1, -0.05) is 6.07 Å². The summed E-state index contributed by atoms with van der Waals surface area (Å²) in [6.45, 7) is 0.985. The molecule has 0 aliphatic carbocycles. The van der Waals surface area contributed by atoms with E-state index in [2.05, 4.69) is 5.32 Å². The van der Waals surface area contributed by atoms with Gasteiger partial charge in [-0.2, -0.15) is 0 Å². The molecule has 1 amide bonds. The van der Waals surface area contributed by atoms with E-state index in [1.165, 1.54) is 13.0 Å². The molecule has 1 rings (SSSR count). The van der Waals surface area contributed by atoms with Gasteiger partial charge in [0.1, 0.15) is 18.2 Å². The first-order valence-corrected chi connectivity index (χ1v) is 5.94. The predicted octanol–water partition coefficient (Wildman–Crippen LogP) is 1.29. The molecular formula is C13H15F2NO4. The fraction of sp³-hybridized carbons (Fsp3) is 0.385. The number of carboxylic acid groups (broad SMARTS) is 1. The van der Waals surface area contributed by atoms with Gasteiger partial charge in [-0.05, 0) is 19.1 Å². The van der Waals surface area contributed by atoms with Crippen molar-refractivity contribution < 1.29 is 28.2 Å². The zero-order chi connectivity index (χ0) is 15.1. The van der Waals surface area contributed by atoms with Gasteiger partial charge in [-0.3, -0.25) is 4.79 Å². The number of hydrogen-bond acceptors (Lipinski definition) is 3. The number of aliphatic carboxylic acids is 1. The predicted molar refractivity (Wildman–Crippen MR) is 66.2 cm³/mol. The Labute approximate surface area is 114 Å². The van der Waals surface area contributed by atoms with E-state index in [-0.39, 0.29) is 18.7 Å². The van der Waals surface area contributed by atoms with Crippen molar-refractivity contribution >= 4 is 11.9 Å². The van der Waals surface area contributed by atoms with Crippen LogP contribution in [0.5, 0.6) is 0 Å². The zero-order valence-corrected chi connectivity index (χ0v) is 10.9. The van der Waals surface area contributed by atoms with Crippen LogP contribution in [0.2, 0.25) is 0 Å². The SMILES string of the molecule is CC(C(=O)NCCOCC(=O)O)c1c(F)cccc1F. The minimum absolute atomic E-state index is 0.00448. The maximum atomic E-state index is 13.5. The molecule has 0 saturated heterocycles. The van der Waals surface area contributed by atoms with E-state index in [0.717, 1.165) is 12.1 Å². The molecule has 1 atom stereocenters. The number of amides is 1. The summed E-state index contributed by atoms with van der Waals surface area (Å²) >= 11 is 0. The van der Waals surface area contributed by atoms with Crippen molar-refractivity contribution in [1.29, 1.82) is 0 Å². The molecule has 110 valence electrons. The third kappa shape index (κ3) is 4.58. The molecule has 2 N–H and O–H groups in total. The van der Waals surface area contributed by atoms with Crippen molar-refractivity contribution in [2.75, 3.05) is 19.8 Å². The molecule has 0 aromatic heterocycles. The van der Waals surface area contributed by atoms with E-state index in [9.17, 15) is 18.4 Å². The van der Waals surface area contributed by atoms with Crippen molar-refractivity contribution in [1.82, 2.24) is 5.32 Å². The van der Waals surface area contributed by atoms with Crippen LogP contribution in [0.15, 0.2) is 18.2 Å². The summed E-state index contributed by atoms with van der Waals surface area (Å²) in [5.41, 5.74) is -0.295. The highest BCUT2D eigenvalue weighted by Crippen LogP contribution is 2.22. The van der Waals surface area contributed by atoms with Crippen LogP contribution in [0.1, 0.15) is 18.4 Å². The summed E-state index contributed by atoms with van der Waals surface area (Å²) in [5.74, 6) is -4.23. The number of carboxylic acids is 1. The molecule has 1 aromatic rings. The van der Waals surface area contributed by atoms with Gasteiger partial charge >= 0.3 is 5.97 Å². The minimum atomic E-state index is -1.11. The second-order valence-corrected chi connectivity index (χ2v) is 4.09. The lowest BCUT2D eigenvalue weighted by molar-refractivity contribution is -0.142. The number of halogens is 2. The molecule has 1 unspecified atom stereocenters. The second kappa shape index (κ2) is 7.54. The van der Waals surface area contributed by atoms with E-state index in [0.29, 0.717) is 0 Å². The van der Waals surface area contributed by atoms with E-state index in [4.69, 9.17) is 9.84 Å². The highest BCUT2D eigenvalue weighted by Gasteiger charge is 2.22. The Morgan fingerprint density at radius 1 is 1.35 bits per heavy atom. The molecule has 0 aliphatic heterocycles. The first kappa shape index (κ1) is 16.0. The lowest BCUT2D eigenvalue weighted by atomic mass is 9.99. The first-order valence-electron chi connectivity index (χ1n) is 5.94. The van der Waals surface area contributed by atoms with Gasteiger partial charge in [0.25, 0.3) is 0 Å². The third-order valence-corrected chi connectivity index (χ3v) is 2.60. The Hall–Kier alpha value is -2.02. The lowest BCUT2D eigenvalue weighted by Crippen LogP contribution is -2.32. The van der Waals surface area contributed by atoms with Crippen LogP contribution in [0.4, 0.5) is 8.78 Å². The first-order chi connectivity index (χ1) is 9.43. The lowest BCUT2D eigenvalue weighted by Gasteiger charge is -2.14. The Bertz CT molecular complexity index is 473. The number of carbonyl (C=O) groups is 2. The molecule has 0 radical (unpaired) electrons. The van der Waals surface area contributed by atoms with Gasteiger partial charge in [0.2, 0.25) is 5.91 Å². The molecule has 0 bridgehead atoms. The molecule has 0 aliphatic rings. The van der Waals surface area contributed by atoms with Gasteiger partial charge < -0.3 is 15.2 Å². The van der Waals surface area contributed by atoms with E-state index >= 15 is 0 Å². The van der Waals surface area contributed by atoms with Crippen LogP contribution >= 0.6 is 0 Å². The molecule has 7 heteroatoms. The Morgan fingerprint density at radius 2 is 1.95 bits per heavy atom. The topological polar surface area (TPSA) is 75.6 Å². The van der Waals surface area contributed by atoms with E-state index in [1.54, 1.807) is 0 Å². The van der Waals surface area contributed by atoms with Gasteiger partial charge in [0.05, 0.1) is 12.5 Å². The summed E-state index contributed by atoms with van der Waals surface area (Å²) in [6.07, 6.45) is 0. The summed E-state index contributed by atoms with van der Waals surface area (Å²) in [6, 6.07) is 3.38. The third-order valence-electron chi connectivity index (χ3n) is 2.60. The number of carbonyl (C=O) groups excluding carboxylic acids is 1. The number of rotatable bonds is 7. The maximum absolute atomic E-state index is 13.5. The smallest absolute Gasteiger partial charge is 0.329 e. The Morgan fingerprint density at radius 3 is 2.50 bits per heavy atom. The minimum Gasteiger partial charge on any atom is -0.480 e. The van der Waals surface area contributed by atoms with E-state index < -0.39 is 36.0 Å². The number of ether oxygens (including phenoxy) is 1.